The van der Waals surface area contributed by atoms with Crippen LogP contribution in [0.3, 0.4) is 0 Å². The van der Waals surface area contributed by atoms with Gasteiger partial charge in [0.15, 0.2) is 6.61 Å². The fraction of sp³-hybridized carbons (Fsp3) is 0.333. The molecule has 3 rings (SSSR count). The summed E-state index contributed by atoms with van der Waals surface area (Å²) < 4.78 is 5.34. The van der Waals surface area contributed by atoms with Crippen LogP contribution in [-0.4, -0.2) is 18.2 Å². The SMILES string of the molecule is O=C(COc1ccc(Cl)cc1)N/N=C1/C[C@@H]2C=CC[C@H]12. The molecule has 20 heavy (non-hydrogen) atoms. The zero-order valence-corrected chi connectivity index (χ0v) is 11.6. The second kappa shape index (κ2) is 5.67. The van der Waals surface area contributed by atoms with Gasteiger partial charge >= 0.3 is 0 Å². The first-order valence-electron chi connectivity index (χ1n) is 6.63. The minimum Gasteiger partial charge on any atom is -0.484 e. The fourth-order valence-corrected chi connectivity index (χ4v) is 2.64. The van der Waals surface area contributed by atoms with Crippen molar-refractivity contribution in [1.29, 1.82) is 0 Å². The van der Waals surface area contributed by atoms with Crippen molar-refractivity contribution in [3.8, 4) is 5.75 Å². The van der Waals surface area contributed by atoms with Crippen molar-refractivity contribution >= 4 is 23.2 Å². The van der Waals surface area contributed by atoms with E-state index in [-0.39, 0.29) is 12.5 Å². The Morgan fingerprint density at radius 2 is 2.20 bits per heavy atom. The first-order valence-corrected chi connectivity index (χ1v) is 7.00. The van der Waals surface area contributed by atoms with Crippen LogP contribution in [0.25, 0.3) is 0 Å². The van der Waals surface area contributed by atoms with Crippen LogP contribution in [0.1, 0.15) is 12.8 Å². The molecule has 4 nitrogen and oxygen atoms in total. The van der Waals surface area contributed by atoms with Gasteiger partial charge in [-0.2, -0.15) is 5.10 Å². The van der Waals surface area contributed by atoms with Gasteiger partial charge in [-0.15, -0.1) is 0 Å². The maximum atomic E-state index is 11.6. The highest BCUT2D eigenvalue weighted by Gasteiger charge is 2.37. The van der Waals surface area contributed by atoms with Gasteiger partial charge in [0.1, 0.15) is 5.75 Å². The summed E-state index contributed by atoms with van der Waals surface area (Å²) >= 11 is 5.77. The van der Waals surface area contributed by atoms with Gasteiger partial charge in [-0.05, 0) is 43.0 Å². The van der Waals surface area contributed by atoms with E-state index in [1.54, 1.807) is 24.3 Å². The molecule has 1 amide bonds. The molecule has 0 unspecified atom stereocenters. The van der Waals surface area contributed by atoms with Gasteiger partial charge in [0.2, 0.25) is 0 Å². The predicted molar refractivity (Wildman–Crippen MR) is 77.9 cm³/mol. The maximum Gasteiger partial charge on any atom is 0.277 e. The lowest BCUT2D eigenvalue weighted by Crippen LogP contribution is -2.36. The number of allylic oxidation sites excluding steroid dienone is 2. The summed E-state index contributed by atoms with van der Waals surface area (Å²) in [5.74, 6) is 1.51. The molecule has 2 aliphatic rings. The average Bonchev–Trinajstić information content (AvgIpc) is 2.80. The lowest BCUT2D eigenvalue weighted by molar-refractivity contribution is -0.123. The fourth-order valence-electron chi connectivity index (χ4n) is 2.51. The first kappa shape index (κ1) is 13.2. The number of fused-ring (bicyclic) bond motifs is 1. The number of amides is 1. The quantitative estimate of drug-likeness (QED) is 0.685. The van der Waals surface area contributed by atoms with Crippen molar-refractivity contribution < 1.29 is 9.53 Å². The summed E-state index contributed by atoms with van der Waals surface area (Å²) in [5, 5.41) is 4.81. The number of hydrogen-bond donors (Lipinski definition) is 1. The summed E-state index contributed by atoms with van der Waals surface area (Å²) in [6.07, 6.45) is 6.42. The zero-order valence-electron chi connectivity index (χ0n) is 10.9. The average molecular weight is 291 g/mol. The minimum atomic E-state index is -0.248. The largest absolute Gasteiger partial charge is 0.484 e. The van der Waals surface area contributed by atoms with E-state index in [2.05, 4.69) is 22.7 Å². The molecule has 2 atom stereocenters. The topological polar surface area (TPSA) is 50.7 Å². The highest BCUT2D eigenvalue weighted by atomic mass is 35.5. The monoisotopic (exact) mass is 290 g/mol. The number of hydrazone groups is 1. The van der Waals surface area contributed by atoms with Crippen LogP contribution in [0, 0.1) is 11.8 Å². The second-order valence-electron chi connectivity index (χ2n) is 5.02. The van der Waals surface area contributed by atoms with Gasteiger partial charge in [0.25, 0.3) is 5.91 Å². The number of ether oxygens (including phenoxy) is 1. The molecule has 5 heteroatoms. The highest BCUT2D eigenvalue weighted by molar-refractivity contribution is 6.30. The van der Waals surface area contributed by atoms with E-state index < -0.39 is 0 Å². The van der Waals surface area contributed by atoms with Crippen molar-refractivity contribution in [2.24, 2.45) is 16.9 Å². The van der Waals surface area contributed by atoms with E-state index in [0.717, 1.165) is 18.6 Å². The van der Waals surface area contributed by atoms with Crippen LogP contribution in [0.2, 0.25) is 5.02 Å². The summed E-state index contributed by atoms with van der Waals surface area (Å²) in [7, 11) is 0. The second-order valence-corrected chi connectivity index (χ2v) is 5.46. The molecule has 104 valence electrons. The Kier molecular flexibility index (Phi) is 3.74. The van der Waals surface area contributed by atoms with Crippen LogP contribution in [0.5, 0.6) is 5.75 Å². The molecule has 0 radical (unpaired) electrons. The third-order valence-corrected chi connectivity index (χ3v) is 3.92. The lowest BCUT2D eigenvalue weighted by atomic mass is 9.74. The van der Waals surface area contributed by atoms with Crippen LogP contribution >= 0.6 is 11.6 Å². The predicted octanol–water partition coefficient (Wildman–Crippen LogP) is 2.79. The molecular formula is C15H15ClN2O2. The summed E-state index contributed by atoms with van der Waals surface area (Å²) in [6, 6.07) is 6.89. The molecule has 1 N–H and O–H groups in total. The first-order chi connectivity index (χ1) is 9.72. The van der Waals surface area contributed by atoms with Crippen molar-refractivity contribution in [3.63, 3.8) is 0 Å². The number of benzene rings is 1. The summed E-state index contributed by atoms with van der Waals surface area (Å²) in [5.41, 5.74) is 3.63. The number of carbonyl (C=O) groups excluding carboxylic acids is 1. The molecule has 0 heterocycles. The van der Waals surface area contributed by atoms with E-state index in [1.165, 1.54) is 0 Å². The summed E-state index contributed by atoms with van der Waals surface area (Å²) in [4.78, 5) is 11.6. The molecule has 2 aliphatic carbocycles. The number of rotatable bonds is 4. The van der Waals surface area contributed by atoms with Gasteiger partial charge in [-0.1, -0.05) is 23.8 Å². The molecule has 1 aromatic rings. The maximum absolute atomic E-state index is 11.6. The van der Waals surface area contributed by atoms with E-state index in [4.69, 9.17) is 16.3 Å². The number of carbonyl (C=O) groups is 1. The van der Waals surface area contributed by atoms with Crippen LogP contribution in [-0.2, 0) is 4.79 Å². The van der Waals surface area contributed by atoms with Crippen molar-refractivity contribution in [2.45, 2.75) is 12.8 Å². The van der Waals surface area contributed by atoms with Crippen molar-refractivity contribution in [2.75, 3.05) is 6.61 Å². The molecule has 0 aromatic heterocycles. The molecule has 1 fully saturated rings. The van der Waals surface area contributed by atoms with E-state index in [0.29, 0.717) is 22.6 Å². The third-order valence-electron chi connectivity index (χ3n) is 3.67. The zero-order chi connectivity index (χ0) is 13.9. The Morgan fingerprint density at radius 1 is 1.40 bits per heavy atom. The standard InChI is InChI=1S/C15H15ClN2O2/c16-11-4-6-12(7-5-11)20-9-15(19)18-17-14-8-10-2-1-3-13(10)14/h1-2,4-7,10,13H,3,8-9H2,(H,18,19)/b17-14-/t10-,13-/m0/s1. The third kappa shape index (κ3) is 2.85. The Labute approximate surface area is 122 Å². The molecule has 0 spiro atoms. The Balaban J connectivity index is 1.44. The molecule has 0 bridgehead atoms. The Hall–Kier alpha value is -1.81. The molecule has 0 saturated heterocycles. The van der Waals surface area contributed by atoms with Gasteiger partial charge in [-0.25, -0.2) is 5.43 Å². The number of nitrogens with zero attached hydrogens (tertiary/aromatic N) is 1. The van der Waals surface area contributed by atoms with Gasteiger partial charge in [0.05, 0.1) is 0 Å². The van der Waals surface area contributed by atoms with E-state index in [1.807, 2.05) is 0 Å². The van der Waals surface area contributed by atoms with Gasteiger partial charge in [-0.3, -0.25) is 4.79 Å². The van der Waals surface area contributed by atoms with Gasteiger partial charge < -0.3 is 4.74 Å². The van der Waals surface area contributed by atoms with E-state index in [9.17, 15) is 4.79 Å². The Bertz CT molecular complexity index is 566. The summed E-state index contributed by atoms with van der Waals surface area (Å²) in [6.45, 7) is -0.0508. The van der Waals surface area contributed by atoms with Crippen LogP contribution in [0.4, 0.5) is 0 Å². The van der Waals surface area contributed by atoms with Crippen LogP contribution < -0.4 is 10.2 Å². The van der Waals surface area contributed by atoms with E-state index >= 15 is 0 Å². The number of nitrogens with one attached hydrogen (secondary N) is 1. The number of halogens is 1. The smallest absolute Gasteiger partial charge is 0.277 e. The van der Waals surface area contributed by atoms with Crippen molar-refractivity contribution in [1.82, 2.24) is 5.43 Å². The van der Waals surface area contributed by atoms with Gasteiger partial charge in [0, 0.05) is 16.7 Å². The normalized spacial score (nSPS) is 25.1. The number of hydrogen-bond acceptors (Lipinski definition) is 3. The highest BCUT2D eigenvalue weighted by Crippen LogP contribution is 2.39. The molecule has 1 aromatic carbocycles. The molecule has 0 aliphatic heterocycles. The molecular weight excluding hydrogens is 276 g/mol. The lowest BCUT2D eigenvalue weighted by Gasteiger charge is -2.31. The minimum absolute atomic E-state index is 0.0508. The van der Waals surface area contributed by atoms with Crippen LogP contribution in [0.15, 0.2) is 41.5 Å². The Morgan fingerprint density at radius 3 is 2.95 bits per heavy atom. The van der Waals surface area contributed by atoms with Crippen molar-refractivity contribution in [3.05, 3.63) is 41.4 Å². The molecule has 1 saturated carbocycles.